The molecule has 3 fully saturated rings. The van der Waals surface area contributed by atoms with E-state index in [2.05, 4.69) is 35.3 Å². The van der Waals surface area contributed by atoms with Gasteiger partial charge in [-0.2, -0.15) is 0 Å². The number of hydrogen-bond donors (Lipinski definition) is 1. The number of benzene rings is 1. The van der Waals surface area contributed by atoms with Crippen LogP contribution in [0.15, 0.2) is 29.3 Å². The van der Waals surface area contributed by atoms with Gasteiger partial charge in [0.05, 0.1) is 19.3 Å². The molecule has 0 radical (unpaired) electrons. The van der Waals surface area contributed by atoms with Crippen LogP contribution in [0, 0.1) is 0 Å². The molecule has 7 heteroatoms. The van der Waals surface area contributed by atoms with E-state index < -0.39 is 0 Å². The molecule has 3 heterocycles. The van der Waals surface area contributed by atoms with Crippen LogP contribution in [0.2, 0.25) is 0 Å². The predicted octanol–water partition coefficient (Wildman–Crippen LogP) is 2.15. The molecule has 2 unspecified atom stereocenters. The smallest absolute Gasteiger partial charge is 0.222 e. The number of likely N-dealkylation sites (tertiary alicyclic amines) is 1. The Labute approximate surface area is 179 Å². The Hall–Kier alpha value is -2.12. The number of aliphatic imine (C=N–C) groups is 1. The number of nitrogens with one attached hydrogen (secondary N) is 1. The van der Waals surface area contributed by atoms with Crippen molar-refractivity contribution in [2.45, 2.75) is 57.9 Å². The second-order valence-corrected chi connectivity index (χ2v) is 8.26. The Balaban J connectivity index is 1.44. The van der Waals surface area contributed by atoms with Crippen molar-refractivity contribution in [3.05, 3.63) is 35.4 Å². The van der Waals surface area contributed by atoms with Crippen molar-refractivity contribution in [3.8, 4) is 0 Å². The third kappa shape index (κ3) is 5.13. The summed E-state index contributed by atoms with van der Waals surface area (Å²) in [5.41, 5.74) is 2.36. The molecule has 1 aromatic carbocycles. The zero-order valence-electron chi connectivity index (χ0n) is 18.0. The van der Waals surface area contributed by atoms with Gasteiger partial charge in [-0.15, -0.1) is 0 Å². The highest BCUT2D eigenvalue weighted by Crippen LogP contribution is 2.22. The van der Waals surface area contributed by atoms with Crippen LogP contribution >= 0.6 is 0 Å². The predicted molar refractivity (Wildman–Crippen MR) is 116 cm³/mol. The third-order valence-corrected chi connectivity index (χ3v) is 6.16. The van der Waals surface area contributed by atoms with E-state index in [1.165, 1.54) is 11.1 Å². The number of carbonyl (C=O) groups excluding carboxylic acids is 1. The monoisotopic (exact) mass is 414 g/mol. The lowest BCUT2D eigenvalue weighted by atomic mass is 10.1. The quantitative estimate of drug-likeness (QED) is 0.571. The van der Waals surface area contributed by atoms with E-state index >= 15 is 0 Å². The van der Waals surface area contributed by atoms with Crippen molar-refractivity contribution in [1.82, 2.24) is 15.1 Å². The zero-order valence-corrected chi connectivity index (χ0v) is 18.0. The van der Waals surface area contributed by atoms with Gasteiger partial charge in [0, 0.05) is 45.8 Å². The van der Waals surface area contributed by atoms with E-state index in [1.807, 2.05) is 11.0 Å². The van der Waals surface area contributed by atoms with E-state index in [0.717, 1.165) is 58.0 Å². The minimum atomic E-state index is 0.110. The van der Waals surface area contributed by atoms with Crippen LogP contribution in [0.5, 0.6) is 0 Å². The maximum atomic E-state index is 12.0. The first-order valence-corrected chi connectivity index (χ1v) is 11.4. The van der Waals surface area contributed by atoms with Crippen molar-refractivity contribution in [3.63, 3.8) is 0 Å². The summed E-state index contributed by atoms with van der Waals surface area (Å²) in [6.07, 6.45) is 4.15. The average Bonchev–Trinajstić information content (AvgIpc) is 3.45. The van der Waals surface area contributed by atoms with Crippen LogP contribution in [0.3, 0.4) is 0 Å². The Morgan fingerprint density at radius 2 is 1.97 bits per heavy atom. The lowest BCUT2D eigenvalue weighted by molar-refractivity contribution is -0.128. The van der Waals surface area contributed by atoms with Gasteiger partial charge in [-0.3, -0.25) is 4.79 Å². The highest BCUT2D eigenvalue weighted by atomic mass is 16.5. The maximum Gasteiger partial charge on any atom is 0.222 e. The number of amides is 1. The van der Waals surface area contributed by atoms with Crippen molar-refractivity contribution in [1.29, 1.82) is 0 Å². The lowest BCUT2D eigenvalue weighted by Crippen LogP contribution is -2.53. The summed E-state index contributed by atoms with van der Waals surface area (Å²) in [4.78, 5) is 21.3. The number of ether oxygens (including phenoxy) is 2. The number of morpholine rings is 1. The second-order valence-electron chi connectivity index (χ2n) is 8.26. The van der Waals surface area contributed by atoms with Gasteiger partial charge in [-0.25, -0.2) is 4.99 Å². The van der Waals surface area contributed by atoms with Gasteiger partial charge in [-0.05, 0) is 37.3 Å². The molecule has 30 heavy (non-hydrogen) atoms. The first-order valence-electron chi connectivity index (χ1n) is 11.4. The average molecular weight is 415 g/mol. The Bertz CT molecular complexity index is 748. The number of guanidine groups is 1. The Morgan fingerprint density at radius 1 is 1.13 bits per heavy atom. The van der Waals surface area contributed by atoms with Crippen molar-refractivity contribution >= 4 is 11.9 Å². The Kier molecular flexibility index (Phi) is 7.23. The molecule has 3 aliphatic heterocycles. The lowest BCUT2D eigenvalue weighted by Gasteiger charge is -2.37. The summed E-state index contributed by atoms with van der Waals surface area (Å²) in [6.45, 7) is 8.24. The molecule has 0 saturated carbocycles. The summed E-state index contributed by atoms with van der Waals surface area (Å²) >= 11 is 0. The first kappa shape index (κ1) is 21.1. The molecule has 0 bridgehead atoms. The van der Waals surface area contributed by atoms with Gasteiger partial charge in [0.2, 0.25) is 5.91 Å². The summed E-state index contributed by atoms with van der Waals surface area (Å²) in [5, 5.41) is 3.45. The summed E-state index contributed by atoms with van der Waals surface area (Å²) in [7, 11) is 0. The van der Waals surface area contributed by atoms with Crippen molar-refractivity contribution < 1.29 is 14.3 Å². The van der Waals surface area contributed by atoms with Crippen molar-refractivity contribution in [2.24, 2.45) is 4.99 Å². The van der Waals surface area contributed by atoms with Gasteiger partial charge in [0.15, 0.2) is 5.96 Å². The van der Waals surface area contributed by atoms with Gasteiger partial charge >= 0.3 is 0 Å². The van der Waals surface area contributed by atoms with Crippen LogP contribution in [0.4, 0.5) is 0 Å². The van der Waals surface area contributed by atoms with Crippen LogP contribution in [0.25, 0.3) is 0 Å². The number of hydrogen-bond acceptors (Lipinski definition) is 4. The molecule has 1 aromatic rings. The van der Waals surface area contributed by atoms with E-state index in [9.17, 15) is 4.79 Å². The molecule has 4 rings (SSSR count). The molecule has 7 nitrogen and oxygen atoms in total. The second kappa shape index (κ2) is 10.3. The fraction of sp³-hybridized carbons (Fsp3) is 0.652. The topological polar surface area (TPSA) is 66.4 Å². The molecular weight excluding hydrogens is 380 g/mol. The van der Waals surface area contributed by atoms with Crippen LogP contribution in [-0.4, -0.2) is 73.3 Å². The summed E-state index contributed by atoms with van der Waals surface area (Å²) in [6, 6.07) is 8.33. The molecule has 1 amide bonds. The van der Waals surface area contributed by atoms with Gasteiger partial charge in [0.25, 0.3) is 0 Å². The first-order chi connectivity index (χ1) is 14.7. The van der Waals surface area contributed by atoms with Crippen LogP contribution in [-0.2, 0) is 27.4 Å². The van der Waals surface area contributed by atoms with Crippen LogP contribution in [0.1, 0.15) is 43.7 Å². The normalized spacial score (nSPS) is 25.2. The minimum absolute atomic E-state index is 0.110. The highest BCUT2D eigenvalue weighted by Gasteiger charge is 2.32. The minimum Gasteiger partial charge on any atom is -0.375 e. The fourth-order valence-electron chi connectivity index (χ4n) is 4.52. The van der Waals surface area contributed by atoms with Gasteiger partial charge < -0.3 is 24.6 Å². The van der Waals surface area contributed by atoms with E-state index in [4.69, 9.17) is 14.5 Å². The molecule has 0 aliphatic carbocycles. The summed E-state index contributed by atoms with van der Waals surface area (Å²) < 4.78 is 11.9. The third-order valence-electron chi connectivity index (χ3n) is 6.16. The Morgan fingerprint density at radius 3 is 2.70 bits per heavy atom. The maximum absolute atomic E-state index is 12.0. The SMILES string of the molecule is CCNC(=NCc1ccccc1CN1CCCC1=O)N1CCOC(C2CCCO2)C1. The number of carbonyl (C=O) groups is 1. The largest absolute Gasteiger partial charge is 0.375 e. The molecule has 2 atom stereocenters. The van der Waals surface area contributed by atoms with Gasteiger partial charge in [0.1, 0.15) is 6.10 Å². The van der Waals surface area contributed by atoms with E-state index in [-0.39, 0.29) is 18.1 Å². The molecular formula is C23H34N4O3. The molecule has 0 aromatic heterocycles. The molecule has 164 valence electrons. The summed E-state index contributed by atoms with van der Waals surface area (Å²) in [5.74, 6) is 1.19. The highest BCUT2D eigenvalue weighted by molar-refractivity contribution is 5.80. The number of nitrogens with zero attached hydrogens (tertiary/aromatic N) is 3. The fourth-order valence-corrected chi connectivity index (χ4v) is 4.52. The van der Waals surface area contributed by atoms with E-state index in [1.54, 1.807) is 0 Å². The molecule has 1 N–H and O–H groups in total. The molecule has 3 saturated heterocycles. The zero-order chi connectivity index (χ0) is 20.8. The number of rotatable bonds is 6. The van der Waals surface area contributed by atoms with Gasteiger partial charge in [-0.1, -0.05) is 24.3 Å². The van der Waals surface area contributed by atoms with E-state index in [0.29, 0.717) is 26.1 Å². The standard InChI is InChI=1S/C23H34N4O3/c1-2-24-23(27-12-14-30-21(17-27)20-9-6-13-29-20)25-15-18-7-3-4-8-19(18)16-26-11-5-10-22(26)28/h3-4,7-8,20-21H,2,5-6,9-17H2,1H3,(H,24,25). The molecule has 0 spiro atoms. The van der Waals surface area contributed by atoms with Crippen molar-refractivity contribution in [2.75, 3.05) is 39.4 Å². The molecule has 3 aliphatic rings. The van der Waals surface area contributed by atoms with Crippen LogP contribution < -0.4 is 5.32 Å².